The first-order valence-electron chi connectivity index (χ1n) is 9.40. The minimum absolute atomic E-state index is 0.161. The minimum atomic E-state index is -3.13. The third-order valence-electron chi connectivity index (χ3n) is 4.65. The van der Waals surface area contributed by atoms with E-state index in [0.29, 0.717) is 5.69 Å². The molecular formula is C22H23BrN3O4P. The van der Waals surface area contributed by atoms with Crippen LogP contribution in [-0.4, -0.2) is 29.9 Å². The summed E-state index contributed by atoms with van der Waals surface area (Å²) in [5.41, 5.74) is 4.17. The summed E-state index contributed by atoms with van der Waals surface area (Å²) >= 11 is 3.44. The normalized spacial score (nSPS) is 11.7. The molecule has 0 atom stereocenters. The lowest BCUT2D eigenvalue weighted by molar-refractivity contribution is -0.111. The maximum Gasteiger partial charge on any atom is 0.334 e. The molecule has 0 aliphatic carbocycles. The number of carbonyl (C=O) groups excluding carboxylic acids is 1. The van der Waals surface area contributed by atoms with Crippen LogP contribution in [0.15, 0.2) is 65.3 Å². The van der Waals surface area contributed by atoms with Gasteiger partial charge in [0.05, 0.1) is 18.1 Å². The van der Waals surface area contributed by atoms with Gasteiger partial charge in [-0.2, -0.15) is 5.10 Å². The van der Waals surface area contributed by atoms with E-state index >= 15 is 0 Å². The molecule has 31 heavy (non-hydrogen) atoms. The van der Waals surface area contributed by atoms with Crippen molar-refractivity contribution in [3.63, 3.8) is 0 Å². The number of nitrogens with zero attached hydrogens (tertiary/aromatic N) is 2. The molecule has 0 aliphatic heterocycles. The minimum Gasteiger partial charge on any atom is -0.323 e. The van der Waals surface area contributed by atoms with Crippen LogP contribution in [0, 0.1) is 0 Å². The first-order chi connectivity index (χ1) is 14.8. The van der Waals surface area contributed by atoms with Crippen molar-refractivity contribution < 1.29 is 18.4 Å². The first kappa shape index (κ1) is 23.2. The molecule has 1 aromatic heterocycles. The average Bonchev–Trinajstić information content (AvgIpc) is 3.14. The number of aryl methyl sites for hydroxylation is 1. The van der Waals surface area contributed by atoms with E-state index < -0.39 is 7.60 Å². The van der Waals surface area contributed by atoms with E-state index in [-0.39, 0.29) is 12.1 Å². The van der Waals surface area contributed by atoms with Crippen molar-refractivity contribution in [3.8, 4) is 11.3 Å². The van der Waals surface area contributed by atoms with E-state index in [0.717, 1.165) is 26.9 Å². The van der Waals surface area contributed by atoms with Crippen LogP contribution in [0.4, 0.5) is 5.69 Å². The van der Waals surface area contributed by atoms with Gasteiger partial charge >= 0.3 is 7.60 Å². The Bertz CT molecular complexity index is 1120. The third kappa shape index (κ3) is 6.02. The van der Waals surface area contributed by atoms with Crippen LogP contribution in [0.1, 0.15) is 11.1 Å². The van der Waals surface area contributed by atoms with Crippen molar-refractivity contribution in [1.29, 1.82) is 0 Å². The molecule has 0 radical (unpaired) electrons. The zero-order chi connectivity index (χ0) is 22.4. The van der Waals surface area contributed by atoms with Crippen LogP contribution >= 0.6 is 23.5 Å². The fraction of sp³-hybridized carbons (Fsp3) is 0.182. The van der Waals surface area contributed by atoms with E-state index in [9.17, 15) is 9.36 Å². The van der Waals surface area contributed by atoms with Gasteiger partial charge in [-0.3, -0.25) is 14.0 Å². The van der Waals surface area contributed by atoms with E-state index in [1.165, 1.54) is 20.3 Å². The van der Waals surface area contributed by atoms with Gasteiger partial charge in [0, 0.05) is 48.6 Å². The predicted octanol–water partition coefficient (Wildman–Crippen LogP) is 5.49. The van der Waals surface area contributed by atoms with Crippen molar-refractivity contribution >= 4 is 41.2 Å². The zero-order valence-corrected chi connectivity index (χ0v) is 19.9. The third-order valence-corrected chi connectivity index (χ3v) is 7.05. The van der Waals surface area contributed by atoms with E-state index in [2.05, 4.69) is 26.3 Å². The Hall–Kier alpha value is -2.51. The van der Waals surface area contributed by atoms with Gasteiger partial charge in [0.15, 0.2) is 0 Å². The van der Waals surface area contributed by atoms with Gasteiger partial charge in [-0.15, -0.1) is 0 Å². The number of nitrogens with one attached hydrogen (secondary N) is 1. The summed E-state index contributed by atoms with van der Waals surface area (Å²) in [6.07, 6.45) is 5.09. The van der Waals surface area contributed by atoms with Crippen LogP contribution in [0.5, 0.6) is 0 Å². The monoisotopic (exact) mass is 503 g/mol. The quantitative estimate of drug-likeness (QED) is 0.324. The molecule has 3 aromatic rings. The highest BCUT2D eigenvalue weighted by molar-refractivity contribution is 9.10. The van der Waals surface area contributed by atoms with Gasteiger partial charge in [-0.25, -0.2) is 0 Å². The Balaban J connectivity index is 1.68. The number of aromatic nitrogens is 2. The lowest BCUT2D eigenvalue weighted by Crippen LogP contribution is -2.07. The first-order valence-corrected chi connectivity index (χ1v) is 11.9. The number of carbonyl (C=O) groups is 1. The largest absolute Gasteiger partial charge is 0.334 e. The Kier molecular flexibility index (Phi) is 7.62. The molecule has 0 spiro atoms. The SMILES string of the molecule is COP(=O)(Cc1ccc(NC(=O)/C=C/c2cnn(C)c2-c2ccc(Br)cc2)cc1)OC. The lowest BCUT2D eigenvalue weighted by atomic mass is 10.1. The van der Waals surface area contributed by atoms with E-state index in [1.807, 2.05) is 31.3 Å². The molecule has 1 N–H and O–H groups in total. The number of amides is 1. The van der Waals surface area contributed by atoms with Crippen LogP contribution in [0.2, 0.25) is 0 Å². The number of halogens is 1. The summed E-state index contributed by atoms with van der Waals surface area (Å²) in [5.74, 6) is -0.266. The van der Waals surface area contributed by atoms with Crippen molar-refractivity contribution in [2.24, 2.45) is 7.05 Å². The van der Waals surface area contributed by atoms with Crippen molar-refractivity contribution in [3.05, 3.63) is 76.4 Å². The van der Waals surface area contributed by atoms with Gasteiger partial charge in [0.1, 0.15) is 0 Å². The highest BCUT2D eigenvalue weighted by Crippen LogP contribution is 2.49. The fourth-order valence-corrected chi connectivity index (χ4v) is 4.34. The molecule has 0 unspecified atom stereocenters. The number of hydrogen-bond donors (Lipinski definition) is 1. The maximum absolute atomic E-state index is 12.4. The van der Waals surface area contributed by atoms with Gasteiger partial charge in [-0.05, 0) is 35.9 Å². The fourth-order valence-electron chi connectivity index (χ4n) is 3.01. The average molecular weight is 504 g/mol. The van der Waals surface area contributed by atoms with Crippen molar-refractivity contribution in [2.45, 2.75) is 6.16 Å². The second-order valence-corrected chi connectivity index (χ2v) is 9.92. The van der Waals surface area contributed by atoms with Gasteiger partial charge < -0.3 is 14.4 Å². The molecule has 0 saturated heterocycles. The van der Waals surface area contributed by atoms with Crippen molar-refractivity contribution in [2.75, 3.05) is 19.5 Å². The topological polar surface area (TPSA) is 82.5 Å². The van der Waals surface area contributed by atoms with E-state index in [4.69, 9.17) is 9.05 Å². The second-order valence-electron chi connectivity index (χ2n) is 6.73. The predicted molar refractivity (Wildman–Crippen MR) is 126 cm³/mol. The number of anilines is 1. The molecule has 0 aliphatic rings. The summed E-state index contributed by atoms with van der Waals surface area (Å²) in [6.45, 7) is 0. The molecule has 1 amide bonds. The molecule has 2 aromatic carbocycles. The molecule has 0 saturated carbocycles. The van der Waals surface area contributed by atoms with Crippen LogP contribution < -0.4 is 5.32 Å². The molecule has 0 bridgehead atoms. The lowest BCUT2D eigenvalue weighted by Gasteiger charge is -2.13. The maximum atomic E-state index is 12.4. The van der Waals surface area contributed by atoms with E-state index in [1.54, 1.807) is 41.2 Å². The van der Waals surface area contributed by atoms with Crippen LogP contribution in [0.3, 0.4) is 0 Å². The molecule has 0 fully saturated rings. The highest BCUT2D eigenvalue weighted by atomic mass is 79.9. The van der Waals surface area contributed by atoms with Crippen LogP contribution in [-0.2, 0) is 31.6 Å². The number of rotatable bonds is 8. The highest BCUT2D eigenvalue weighted by Gasteiger charge is 2.21. The second kappa shape index (κ2) is 10.2. The Labute approximate surface area is 189 Å². The van der Waals surface area contributed by atoms with Gasteiger partial charge in [0.2, 0.25) is 5.91 Å². The summed E-state index contributed by atoms with van der Waals surface area (Å²) in [6, 6.07) is 14.9. The Morgan fingerprint density at radius 2 is 1.77 bits per heavy atom. The van der Waals surface area contributed by atoms with Crippen molar-refractivity contribution in [1.82, 2.24) is 9.78 Å². The standard InChI is InChI=1S/C22H23BrN3O4P/c1-26-22(17-6-9-19(23)10-7-17)18(14-24-26)8-13-21(27)25-20-11-4-16(5-12-20)15-31(28,29-2)30-3/h4-14H,15H2,1-3H3,(H,25,27)/b13-8+. The molecule has 7 nitrogen and oxygen atoms in total. The summed E-state index contributed by atoms with van der Waals surface area (Å²) < 4.78 is 24.9. The van der Waals surface area contributed by atoms with Gasteiger partial charge in [-0.1, -0.05) is 40.2 Å². The van der Waals surface area contributed by atoms with Crippen LogP contribution in [0.25, 0.3) is 17.3 Å². The molecule has 9 heteroatoms. The molecule has 3 rings (SSSR count). The smallest absolute Gasteiger partial charge is 0.323 e. The van der Waals surface area contributed by atoms with Gasteiger partial charge in [0.25, 0.3) is 0 Å². The molecule has 1 heterocycles. The Morgan fingerprint density at radius 1 is 1.13 bits per heavy atom. The number of benzene rings is 2. The summed E-state index contributed by atoms with van der Waals surface area (Å²) in [7, 11) is 1.45. The Morgan fingerprint density at radius 3 is 2.39 bits per heavy atom. The zero-order valence-electron chi connectivity index (χ0n) is 17.4. The summed E-state index contributed by atoms with van der Waals surface area (Å²) in [5, 5.41) is 7.12. The molecular weight excluding hydrogens is 481 g/mol. The summed E-state index contributed by atoms with van der Waals surface area (Å²) in [4.78, 5) is 12.4. The number of hydrogen-bond acceptors (Lipinski definition) is 5. The molecule has 162 valence electrons.